The maximum Gasteiger partial charge on any atom is 0.229 e. The Morgan fingerprint density at radius 1 is 1.27 bits per heavy atom. The molecule has 0 aromatic carbocycles. The second kappa shape index (κ2) is 4.12. The van der Waals surface area contributed by atoms with Crippen molar-refractivity contribution in [2.24, 2.45) is 5.41 Å². The van der Waals surface area contributed by atoms with Crippen LogP contribution in [0.2, 0.25) is 0 Å². The van der Waals surface area contributed by atoms with Crippen molar-refractivity contribution in [1.82, 2.24) is 10.2 Å². The van der Waals surface area contributed by atoms with Gasteiger partial charge in [0.25, 0.3) is 0 Å². The molecule has 1 aliphatic heterocycles. The Morgan fingerprint density at radius 3 is 2.40 bits per heavy atom. The summed E-state index contributed by atoms with van der Waals surface area (Å²) in [5.41, 5.74) is -0.343. The molecule has 3 heteroatoms. The van der Waals surface area contributed by atoms with Crippen molar-refractivity contribution in [1.29, 1.82) is 0 Å². The molecule has 1 N–H and O–H groups in total. The van der Waals surface area contributed by atoms with Gasteiger partial charge in [-0.2, -0.15) is 0 Å². The van der Waals surface area contributed by atoms with Crippen molar-refractivity contribution < 1.29 is 4.79 Å². The Kier molecular flexibility index (Phi) is 3.44. The fraction of sp³-hybridized carbons (Fsp3) is 0.917. The van der Waals surface area contributed by atoms with Gasteiger partial charge in [0.2, 0.25) is 5.91 Å². The van der Waals surface area contributed by atoms with Crippen LogP contribution in [-0.4, -0.2) is 36.0 Å². The maximum atomic E-state index is 12.4. The molecule has 0 aromatic heterocycles. The lowest BCUT2D eigenvalue weighted by atomic mass is 9.91. The quantitative estimate of drug-likeness (QED) is 0.754. The molecule has 0 atom stereocenters. The van der Waals surface area contributed by atoms with Crippen LogP contribution in [0.5, 0.6) is 0 Å². The SMILES string of the molecule is CCCN1C(=O)C(C)(C)CNCC1(C)C. The van der Waals surface area contributed by atoms with Gasteiger partial charge < -0.3 is 10.2 Å². The van der Waals surface area contributed by atoms with Crippen LogP contribution in [0.4, 0.5) is 0 Å². The molecule has 3 nitrogen and oxygen atoms in total. The Morgan fingerprint density at radius 2 is 1.87 bits per heavy atom. The van der Waals surface area contributed by atoms with E-state index in [1.54, 1.807) is 0 Å². The van der Waals surface area contributed by atoms with E-state index in [0.717, 1.165) is 26.1 Å². The first-order chi connectivity index (χ1) is 6.81. The standard InChI is InChI=1S/C12H24N2O/c1-6-7-14-10(15)11(2,3)8-13-9-12(14,4)5/h13H,6-9H2,1-5H3. The molecule has 15 heavy (non-hydrogen) atoms. The van der Waals surface area contributed by atoms with Gasteiger partial charge in [-0.3, -0.25) is 4.79 Å². The molecular weight excluding hydrogens is 188 g/mol. The molecule has 0 saturated carbocycles. The summed E-state index contributed by atoms with van der Waals surface area (Å²) in [7, 11) is 0. The summed E-state index contributed by atoms with van der Waals surface area (Å²) in [6, 6.07) is 0. The summed E-state index contributed by atoms with van der Waals surface area (Å²) >= 11 is 0. The van der Waals surface area contributed by atoms with Crippen LogP contribution in [0, 0.1) is 5.41 Å². The van der Waals surface area contributed by atoms with Crippen LogP contribution >= 0.6 is 0 Å². The van der Waals surface area contributed by atoms with Crippen LogP contribution < -0.4 is 5.32 Å². The smallest absolute Gasteiger partial charge is 0.229 e. The average molecular weight is 212 g/mol. The first-order valence-electron chi connectivity index (χ1n) is 5.84. The van der Waals surface area contributed by atoms with Gasteiger partial charge in [-0.05, 0) is 34.1 Å². The van der Waals surface area contributed by atoms with E-state index in [9.17, 15) is 4.79 Å². The van der Waals surface area contributed by atoms with Crippen LogP contribution in [0.3, 0.4) is 0 Å². The molecule has 0 aliphatic carbocycles. The first kappa shape index (κ1) is 12.5. The molecule has 0 radical (unpaired) electrons. The Bertz CT molecular complexity index is 246. The number of hydrogen-bond acceptors (Lipinski definition) is 2. The topological polar surface area (TPSA) is 32.3 Å². The number of hydrogen-bond donors (Lipinski definition) is 1. The van der Waals surface area contributed by atoms with Gasteiger partial charge in [0.05, 0.1) is 5.41 Å². The van der Waals surface area contributed by atoms with Crippen molar-refractivity contribution in [3.8, 4) is 0 Å². The Hall–Kier alpha value is -0.570. The van der Waals surface area contributed by atoms with Crippen molar-refractivity contribution in [3.63, 3.8) is 0 Å². The van der Waals surface area contributed by atoms with Crippen LogP contribution in [0.15, 0.2) is 0 Å². The molecule has 1 amide bonds. The summed E-state index contributed by atoms with van der Waals surface area (Å²) in [6.07, 6.45) is 1.02. The van der Waals surface area contributed by atoms with E-state index in [2.05, 4.69) is 26.1 Å². The molecule has 0 aromatic rings. The van der Waals surface area contributed by atoms with E-state index in [-0.39, 0.29) is 16.9 Å². The predicted molar refractivity (Wildman–Crippen MR) is 62.7 cm³/mol. The van der Waals surface area contributed by atoms with Crippen molar-refractivity contribution in [2.75, 3.05) is 19.6 Å². The molecule has 1 heterocycles. The number of rotatable bonds is 2. The molecule has 0 bridgehead atoms. The number of nitrogens with one attached hydrogen (secondary N) is 1. The third-order valence-corrected chi connectivity index (χ3v) is 3.13. The molecule has 0 spiro atoms. The lowest BCUT2D eigenvalue weighted by molar-refractivity contribution is -0.143. The summed E-state index contributed by atoms with van der Waals surface area (Å²) in [5, 5.41) is 3.38. The number of nitrogens with zero attached hydrogens (tertiary/aromatic N) is 1. The highest BCUT2D eigenvalue weighted by molar-refractivity contribution is 5.83. The van der Waals surface area contributed by atoms with Crippen LogP contribution in [0.1, 0.15) is 41.0 Å². The summed E-state index contributed by atoms with van der Waals surface area (Å²) in [4.78, 5) is 14.4. The van der Waals surface area contributed by atoms with Gasteiger partial charge in [-0.25, -0.2) is 0 Å². The van der Waals surface area contributed by atoms with E-state index >= 15 is 0 Å². The normalized spacial score (nSPS) is 25.1. The predicted octanol–water partition coefficient (Wildman–Crippen LogP) is 1.63. The molecule has 1 fully saturated rings. The first-order valence-corrected chi connectivity index (χ1v) is 5.84. The average Bonchev–Trinajstić information content (AvgIpc) is 2.17. The third-order valence-electron chi connectivity index (χ3n) is 3.13. The summed E-state index contributed by atoms with van der Waals surface area (Å²) in [6.45, 7) is 12.9. The number of carbonyl (C=O) groups excluding carboxylic acids is 1. The molecular formula is C12H24N2O. The maximum absolute atomic E-state index is 12.4. The van der Waals surface area contributed by atoms with Gasteiger partial charge in [0.1, 0.15) is 0 Å². The molecule has 88 valence electrons. The second-order valence-corrected chi connectivity index (χ2v) is 5.76. The zero-order chi connectivity index (χ0) is 11.7. The largest absolute Gasteiger partial charge is 0.336 e. The Balaban J connectivity index is 2.96. The summed E-state index contributed by atoms with van der Waals surface area (Å²) in [5.74, 6) is 0.277. The summed E-state index contributed by atoms with van der Waals surface area (Å²) < 4.78 is 0. The zero-order valence-electron chi connectivity index (χ0n) is 10.7. The van der Waals surface area contributed by atoms with Gasteiger partial charge in [-0.1, -0.05) is 6.92 Å². The monoisotopic (exact) mass is 212 g/mol. The van der Waals surface area contributed by atoms with Crippen molar-refractivity contribution in [2.45, 2.75) is 46.6 Å². The highest BCUT2D eigenvalue weighted by atomic mass is 16.2. The van der Waals surface area contributed by atoms with Crippen molar-refractivity contribution >= 4 is 5.91 Å². The Labute approximate surface area is 93.2 Å². The molecule has 0 unspecified atom stereocenters. The fourth-order valence-corrected chi connectivity index (χ4v) is 2.12. The van der Waals surface area contributed by atoms with E-state index in [1.165, 1.54) is 0 Å². The second-order valence-electron chi connectivity index (χ2n) is 5.76. The minimum absolute atomic E-state index is 0.0686. The van der Waals surface area contributed by atoms with Gasteiger partial charge in [0.15, 0.2) is 0 Å². The molecule has 1 rings (SSSR count). The van der Waals surface area contributed by atoms with Crippen molar-refractivity contribution in [3.05, 3.63) is 0 Å². The highest BCUT2D eigenvalue weighted by Gasteiger charge is 2.41. The minimum Gasteiger partial charge on any atom is -0.336 e. The zero-order valence-corrected chi connectivity index (χ0v) is 10.7. The molecule has 1 saturated heterocycles. The van der Waals surface area contributed by atoms with Crippen LogP contribution in [-0.2, 0) is 4.79 Å². The van der Waals surface area contributed by atoms with E-state index in [0.29, 0.717) is 0 Å². The number of carbonyl (C=O) groups is 1. The molecule has 1 aliphatic rings. The number of amides is 1. The van der Waals surface area contributed by atoms with Crippen LogP contribution in [0.25, 0.3) is 0 Å². The van der Waals surface area contributed by atoms with Gasteiger partial charge in [-0.15, -0.1) is 0 Å². The van der Waals surface area contributed by atoms with Gasteiger partial charge >= 0.3 is 0 Å². The lowest BCUT2D eigenvalue weighted by Crippen LogP contribution is -2.52. The lowest BCUT2D eigenvalue weighted by Gasteiger charge is -2.39. The minimum atomic E-state index is -0.275. The highest BCUT2D eigenvalue weighted by Crippen LogP contribution is 2.27. The van der Waals surface area contributed by atoms with E-state index in [4.69, 9.17) is 0 Å². The van der Waals surface area contributed by atoms with E-state index in [1.807, 2.05) is 18.7 Å². The van der Waals surface area contributed by atoms with E-state index < -0.39 is 0 Å². The third kappa shape index (κ3) is 2.51. The fourth-order valence-electron chi connectivity index (χ4n) is 2.12. The van der Waals surface area contributed by atoms with Gasteiger partial charge in [0, 0.05) is 25.2 Å².